The summed E-state index contributed by atoms with van der Waals surface area (Å²) in [6.07, 6.45) is 9.52. The van der Waals surface area contributed by atoms with E-state index in [0.29, 0.717) is 0 Å². The van der Waals surface area contributed by atoms with E-state index in [1.807, 2.05) is 6.20 Å². The highest BCUT2D eigenvalue weighted by Crippen LogP contribution is 2.43. The Bertz CT molecular complexity index is 335. The molecule has 1 saturated carbocycles. The highest BCUT2D eigenvalue weighted by molar-refractivity contribution is 5.53. The average Bonchev–Trinajstić information content (AvgIpc) is 2.29. The molecule has 14 heavy (non-hydrogen) atoms. The van der Waals surface area contributed by atoms with Gasteiger partial charge in [0.15, 0.2) is 0 Å². The van der Waals surface area contributed by atoms with Crippen LogP contribution in [0.1, 0.15) is 37.2 Å². The Morgan fingerprint density at radius 3 is 3.21 bits per heavy atom. The Balaban J connectivity index is 1.99. The molecule has 0 bridgehead atoms. The van der Waals surface area contributed by atoms with Crippen molar-refractivity contribution in [3.63, 3.8) is 0 Å². The van der Waals surface area contributed by atoms with Gasteiger partial charge in [-0.2, -0.15) is 0 Å². The van der Waals surface area contributed by atoms with Gasteiger partial charge in [0.1, 0.15) is 0 Å². The topological polar surface area (TPSA) is 24.9 Å². The highest BCUT2D eigenvalue weighted by Gasteiger charge is 2.31. The van der Waals surface area contributed by atoms with Crippen LogP contribution in [0, 0.1) is 5.92 Å². The average molecular weight is 188 g/mol. The summed E-state index contributed by atoms with van der Waals surface area (Å²) in [5.74, 6) is 1.65. The predicted octanol–water partition coefficient (Wildman–Crippen LogP) is 2.78. The number of nitrogens with one attached hydrogen (secondary N) is 1. The zero-order valence-corrected chi connectivity index (χ0v) is 8.37. The molecule has 1 aliphatic heterocycles. The van der Waals surface area contributed by atoms with E-state index in [1.54, 1.807) is 0 Å². The number of anilines is 1. The maximum absolute atomic E-state index is 4.25. The number of aromatic nitrogens is 1. The lowest BCUT2D eigenvalue weighted by molar-refractivity contribution is 0.312. The monoisotopic (exact) mass is 188 g/mol. The molecular formula is C12H16N2. The fourth-order valence-electron chi connectivity index (χ4n) is 2.97. The molecule has 2 heteroatoms. The fraction of sp³-hybridized carbons (Fsp3) is 0.583. The second-order valence-corrected chi connectivity index (χ2v) is 4.49. The van der Waals surface area contributed by atoms with Gasteiger partial charge in [-0.05, 0) is 36.3 Å². The van der Waals surface area contributed by atoms with E-state index in [4.69, 9.17) is 0 Å². The number of hydrogen-bond acceptors (Lipinski definition) is 2. The Morgan fingerprint density at radius 2 is 2.21 bits per heavy atom. The van der Waals surface area contributed by atoms with Gasteiger partial charge in [-0.3, -0.25) is 4.98 Å². The van der Waals surface area contributed by atoms with Crippen LogP contribution in [-0.2, 0) is 0 Å². The van der Waals surface area contributed by atoms with Crippen LogP contribution < -0.4 is 5.32 Å². The fourth-order valence-corrected chi connectivity index (χ4v) is 2.97. The molecule has 3 rings (SSSR count). The first-order valence-electron chi connectivity index (χ1n) is 5.63. The van der Waals surface area contributed by atoms with Crippen molar-refractivity contribution in [2.75, 3.05) is 11.9 Å². The summed E-state index contributed by atoms with van der Waals surface area (Å²) in [7, 11) is 0. The third-order valence-corrected chi connectivity index (χ3v) is 3.72. The molecule has 2 heterocycles. The zero-order valence-electron chi connectivity index (χ0n) is 8.37. The van der Waals surface area contributed by atoms with E-state index in [9.17, 15) is 0 Å². The lowest BCUT2D eigenvalue weighted by Crippen LogP contribution is -2.30. The van der Waals surface area contributed by atoms with E-state index in [-0.39, 0.29) is 0 Å². The number of nitrogens with zero attached hydrogens (tertiary/aromatic N) is 1. The van der Waals surface area contributed by atoms with Crippen LogP contribution in [0.2, 0.25) is 0 Å². The summed E-state index contributed by atoms with van der Waals surface area (Å²) in [5.41, 5.74) is 2.78. The molecule has 0 spiro atoms. The summed E-state index contributed by atoms with van der Waals surface area (Å²) in [5, 5.41) is 3.52. The van der Waals surface area contributed by atoms with Crippen molar-refractivity contribution in [3.8, 4) is 0 Å². The summed E-state index contributed by atoms with van der Waals surface area (Å²) in [6.45, 7) is 1.17. The molecule has 0 radical (unpaired) electrons. The zero-order chi connectivity index (χ0) is 9.38. The first-order valence-corrected chi connectivity index (χ1v) is 5.63. The van der Waals surface area contributed by atoms with Crippen molar-refractivity contribution in [3.05, 3.63) is 24.0 Å². The summed E-state index contributed by atoms with van der Waals surface area (Å²) >= 11 is 0. The molecule has 2 aliphatic rings. The maximum Gasteiger partial charge on any atom is 0.0406 e. The highest BCUT2D eigenvalue weighted by atomic mass is 14.9. The van der Waals surface area contributed by atoms with Crippen molar-refractivity contribution >= 4 is 5.69 Å². The van der Waals surface area contributed by atoms with Crippen LogP contribution in [0.3, 0.4) is 0 Å². The first-order chi connectivity index (χ1) is 6.95. The minimum atomic E-state index is 0.786. The van der Waals surface area contributed by atoms with Gasteiger partial charge in [0.25, 0.3) is 0 Å². The van der Waals surface area contributed by atoms with Crippen molar-refractivity contribution in [2.24, 2.45) is 5.92 Å². The summed E-state index contributed by atoms with van der Waals surface area (Å²) in [4.78, 5) is 4.25. The summed E-state index contributed by atoms with van der Waals surface area (Å²) in [6, 6.07) is 2.11. The SMILES string of the molecule is c1cc2c(cn1)[C@H]1CCCC[C@H]1CN2. The molecule has 1 aromatic heterocycles. The predicted molar refractivity (Wildman–Crippen MR) is 57.4 cm³/mol. The number of hydrogen-bond donors (Lipinski definition) is 1. The lowest BCUT2D eigenvalue weighted by Gasteiger charge is -2.37. The molecule has 2 atom stereocenters. The van der Waals surface area contributed by atoms with Gasteiger partial charge in [0.05, 0.1) is 0 Å². The van der Waals surface area contributed by atoms with Gasteiger partial charge < -0.3 is 5.32 Å². The Hall–Kier alpha value is -1.05. The first kappa shape index (κ1) is 8.27. The summed E-state index contributed by atoms with van der Waals surface area (Å²) < 4.78 is 0. The van der Waals surface area contributed by atoms with Crippen LogP contribution in [0.5, 0.6) is 0 Å². The Labute approximate surface area is 84.7 Å². The van der Waals surface area contributed by atoms with Crippen molar-refractivity contribution < 1.29 is 0 Å². The van der Waals surface area contributed by atoms with Crippen LogP contribution in [0.25, 0.3) is 0 Å². The van der Waals surface area contributed by atoms with E-state index in [1.165, 1.54) is 43.5 Å². The van der Waals surface area contributed by atoms with E-state index in [0.717, 1.165) is 11.8 Å². The van der Waals surface area contributed by atoms with E-state index >= 15 is 0 Å². The molecule has 74 valence electrons. The largest absolute Gasteiger partial charge is 0.384 e. The van der Waals surface area contributed by atoms with Crippen molar-refractivity contribution in [1.29, 1.82) is 0 Å². The smallest absolute Gasteiger partial charge is 0.0406 e. The second kappa shape index (κ2) is 3.26. The van der Waals surface area contributed by atoms with Gasteiger partial charge in [-0.15, -0.1) is 0 Å². The van der Waals surface area contributed by atoms with Crippen LogP contribution in [0.15, 0.2) is 18.5 Å². The minimum absolute atomic E-state index is 0.786. The molecule has 0 unspecified atom stereocenters. The van der Waals surface area contributed by atoms with E-state index < -0.39 is 0 Å². The van der Waals surface area contributed by atoms with Gasteiger partial charge in [0.2, 0.25) is 0 Å². The van der Waals surface area contributed by atoms with Crippen LogP contribution in [-0.4, -0.2) is 11.5 Å². The number of pyridine rings is 1. The van der Waals surface area contributed by atoms with Crippen LogP contribution in [0.4, 0.5) is 5.69 Å². The number of fused-ring (bicyclic) bond motifs is 3. The third-order valence-electron chi connectivity index (χ3n) is 3.72. The standard InChI is InChI=1S/C12H16N2/c1-2-4-10-9(3-1)7-14-12-5-6-13-8-11(10)12/h5-6,8-10,14H,1-4,7H2/t9-,10-/m0/s1. The number of rotatable bonds is 0. The van der Waals surface area contributed by atoms with E-state index in [2.05, 4.69) is 22.6 Å². The minimum Gasteiger partial charge on any atom is -0.384 e. The van der Waals surface area contributed by atoms with Gasteiger partial charge in [0, 0.05) is 24.6 Å². The van der Waals surface area contributed by atoms with Gasteiger partial charge in [-0.1, -0.05) is 12.8 Å². The van der Waals surface area contributed by atoms with Gasteiger partial charge >= 0.3 is 0 Å². The Kier molecular flexibility index (Phi) is 1.93. The third kappa shape index (κ3) is 1.21. The maximum atomic E-state index is 4.25. The molecule has 1 aliphatic carbocycles. The molecule has 0 aromatic carbocycles. The quantitative estimate of drug-likeness (QED) is 0.677. The molecule has 1 fully saturated rings. The molecule has 1 N–H and O–H groups in total. The molecule has 0 saturated heterocycles. The van der Waals surface area contributed by atoms with Crippen LogP contribution >= 0.6 is 0 Å². The van der Waals surface area contributed by atoms with Crippen molar-refractivity contribution in [2.45, 2.75) is 31.6 Å². The van der Waals surface area contributed by atoms with Crippen molar-refractivity contribution in [1.82, 2.24) is 4.98 Å². The second-order valence-electron chi connectivity index (χ2n) is 4.49. The lowest BCUT2D eigenvalue weighted by atomic mass is 9.73. The molecule has 1 aromatic rings. The Morgan fingerprint density at radius 1 is 1.29 bits per heavy atom. The molecular weight excluding hydrogens is 172 g/mol. The van der Waals surface area contributed by atoms with Gasteiger partial charge in [-0.25, -0.2) is 0 Å². The molecule has 2 nitrogen and oxygen atoms in total. The normalized spacial score (nSPS) is 30.0. The molecule has 0 amide bonds.